The number of piperazine rings is 1. The zero-order chi connectivity index (χ0) is 11.5. The number of hydrazine groups is 1. The maximum absolute atomic E-state index is 11.7. The fraction of sp³-hybridized carbons (Fsp3) is 0.556. The monoisotopic (exact) mass is 224 g/mol. The van der Waals surface area contributed by atoms with Crippen LogP contribution in [-0.4, -0.2) is 59.2 Å². The van der Waals surface area contributed by atoms with E-state index in [4.69, 9.17) is 5.73 Å². The number of carbonyl (C=O) groups excluding carboxylic acids is 1. The molecule has 0 saturated carbocycles. The molecule has 0 radical (unpaired) electrons. The van der Waals surface area contributed by atoms with Gasteiger partial charge in [-0.05, 0) is 7.05 Å². The second kappa shape index (κ2) is 4.50. The predicted molar refractivity (Wildman–Crippen MR) is 59.5 cm³/mol. The van der Waals surface area contributed by atoms with Gasteiger partial charge in [0, 0.05) is 32.2 Å². The lowest BCUT2D eigenvalue weighted by Crippen LogP contribution is -2.52. The van der Waals surface area contributed by atoms with Gasteiger partial charge in [-0.15, -0.1) is 0 Å². The van der Waals surface area contributed by atoms with E-state index in [-0.39, 0.29) is 5.91 Å². The molecule has 1 fully saturated rings. The normalized spacial score (nSPS) is 18.6. The van der Waals surface area contributed by atoms with Crippen molar-refractivity contribution in [3.63, 3.8) is 0 Å². The zero-order valence-electron chi connectivity index (χ0n) is 9.23. The number of rotatable bonds is 2. The van der Waals surface area contributed by atoms with Crippen molar-refractivity contribution in [3.05, 3.63) is 11.8 Å². The van der Waals surface area contributed by atoms with Gasteiger partial charge < -0.3 is 10.6 Å². The Bertz CT molecular complexity index is 368. The third-order valence-electron chi connectivity index (χ3n) is 2.61. The van der Waals surface area contributed by atoms with Gasteiger partial charge in [-0.25, -0.2) is 5.01 Å². The molecular formula is C9H16N6O. The lowest BCUT2D eigenvalue weighted by Gasteiger charge is -2.32. The molecule has 0 spiro atoms. The van der Waals surface area contributed by atoms with Crippen molar-refractivity contribution in [3.8, 4) is 0 Å². The first-order valence-electron chi connectivity index (χ1n) is 5.20. The Morgan fingerprint density at radius 2 is 2.19 bits per heavy atom. The van der Waals surface area contributed by atoms with Gasteiger partial charge in [-0.1, -0.05) is 0 Å². The minimum Gasteiger partial charge on any atom is -0.382 e. The molecule has 1 aromatic rings. The molecule has 1 saturated heterocycles. The molecule has 7 nitrogen and oxygen atoms in total. The number of nitrogens with two attached hydrogens (primary N) is 1. The number of likely N-dealkylation sites (N-methyl/N-ethyl adjacent to an activating group) is 1. The quantitative estimate of drug-likeness (QED) is 0.592. The van der Waals surface area contributed by atoms with Crippen LogP contribution in [0.4, 0.5) is 5.82 Å². The Labute approximate surface area is 93.6 Å². The largest absolute Gasteiger partial charge is 0.382 e. The third-order valence-corrected chi connectivity index (χ3v) is 2.61. The van der Waals surface area contributed by atoms with Crippen LogP contribution in [0.25, 0.3) is 0 Å². The van der Waals surface area contributed by atoms with E-state index in [1.165, 1.54) is 6.07 Å². The summed E-state index contributed by atoms with van der Waals surface area (Å²) in [5, 5.41) is 8.19. The van der Waals surface area contributed by atoms with Crippen molar-refractivity contribution in [1.29, 1.82) is 0 Å². The fourth-order valence-corrected chi connectivity index (χ4v) is 1.58. The molecule has 7 heteroatoms. The first kappa shape index (κ1) is 10.9. The summed E-state index contributed by atoms with van der Waals surface area (Å²) in [6.45, 7) is 3.55. The predicted octanol–water partition coefficient (Wildman–Crippen LogP) is -1.12. The first-order valence-corrected chi connectivity index (χ1v) is 5.20. The molecule has 1 aliphatic heterocycles. The molecule has 1 aromatic heterocycles. The van der Waals surface area contributed by atoms with Crippen LogP contribution in [0, 0.1) is 0 Å². The van der Waals surface area contributed by atoms with Crippen LogP contribution in [-0.2, 0) is 0 Å². The Balaban J connectivity index is 1.88. The minimum absolute atomic E-state index is 0.200. The molecule has 0 atom stereocenters. The molecule has 0 bridgehead atoms. The van der Waals surface area contributed by atoms with Crippen molar-refractivity contribution in [2.75, 3.05) is 39.0 Å². The second-order valence-corrected chi connectivity index (χ2v) is 3.94. The second-order valence-electron chi connectivity index (χ2n) is 3.94. The molecular weight excluding hydrogens is 208 g/mol. The van der Waals surface area contributed by atoms with Gasteiger partial charge in [0.15, 0.2) is 0 Å². The minimum atomic E-state index is -0.200. The number of H-pyrrole nitrogens is 1. The van der Waals surface area contributed by atoms with Gasteiger partial charge in [0.1, 0.15) is 11.5 Å². The van der Waals surface area contributed by atoms with E-state index < -0.39 is 0 Å². The van der Waals surface area contributed by atoms with Crippen LogP contribution in [0.1, 0.15) is 10.5 Å². The number of nitrogen functional groups attached to an aromatic ring is 1. The van der Waals surface area contributed by atoms with Gasteiger partial charge in [0.2, 0.25) is 0 Å². The number of nitrogens with zero attached hydrogens (tertiary/aromatic N) is 3. The van der Waals surface area contributed by atoms with E-state index >= 15 is 0 Å². The Kier molecular flexibility index (Phi) is 3.07. The highest BCUT2D eigenvalue weighted by molar-refractivity contribution is 5.92. The van der Waals surface area contributed by atoms with Crippen LogP contribution in [0.2, 0.25) is 0 Å². The number of aromatic amines is 1. The molecule has 1 aliphatic rings. The molecule has 0 unspecified atom stereocenters. The molecule has 2 rings (SSSR count). The smallest absolute Gasteiger partial charge is 0.283 e. The SMILES string of the molecule is CN1CCN(NC(=O)c2cc(N)n[nH]2)CC1. The Morgan fingerprint density at radius 3 is 2.75 bits per heavy atom. The molecule has 4 N–H and O–H groups in total. The van der Waals surface area contributed by atoms with Crippen molar-refractivity contribution >= 4 is 11.7 Å². The van der Waals surface area contributed by atoms with Crippen LogP contribution in [0.3, 0.4) is 0 Å². The number of aromatic nitrogens is 2. The highest BCUT2D eigenvalue weighted by atomic mass is 16.2. The molecule has 0 aromatic carbocycles. The van der Waals surface area contributed by atoms with E-state index in [1.807, 2.05) is 5.01 Å². The summed E-state index contributed by atoms with van der Waals surface area (Å²) < 4.78 is 0. The van der Waals surface area contributed by atoms with Crippen LogP contribution in [0.5, 0.6) is 0 Å². The molecule has 16 heavy (non-hydrogen) atoms. The number of amides is 1. The lowest BCUT2D eigenvalue weighted by atomic mass is 10.4. The Morgan fingerprint density at radius 1 is 1.50 bits per heavy atom. The van der Waals surface area contributed by atoms with Crippen LogP contribution >= 0.6 is 0 Å². The third kappa shape index (κ3) is 2.50. The Hall–Kier alpha value is -1.60. The highest BCUT2D eigenvalue weighted by Crippen LogP contribution is 2.01. The first-order chi connectivity index (χ1) is 7.65. The van der Waals surface area contributed by atoms with E-state index in [0.29, 0.717) is 11.5 Å². The van der Waals surface area contributed by atoms with E-state index in [0.717, 1.165) is 26.2 Å². The summed E-state index contributed by atoms with van der Waals surface area (Å²) in [5.41, 5.74) is 8.62. The number of anilines is 1. The van der Waals surface area contributed by atoms with Gasteiger partial charge >= 0.3 is 0 Å². The number of nitrogens with one attached hydrogen (secondary N) is 2. The molecule has 2 heterocycles. The van der Waals surface area contributed by atoms with E-state index in [9.17, 15) is 4.79 Å². The summed E-state index contributed by atoms with van der Waals surface area (Å²) in [6, 6.07) is 1.52. The van der Waals surface area contributed by atoms with Gasteiger partial charge in [0.25, 0.3) is 5.91 Å². The number of hydrogen-bond acceptors (Lipinski definition) is 5. The summed E-state index contributed by atoms with van der Waals surface area (Å²) in [5.74, 6) is 0.122. The van der Waals surface area contributed by atoms with Crippen molar-refractivity contribution in [2.45, 2.75) is 0 Å². The average Bonchev–Trinajstić information content (AvgIpc) is 2.68. The summed E-state index contributed by atoms with van der Waals surface area (Å²) in [7, 11) is 2.06. The van der Waals surface area contributed by atoms with Crippen molar-refractivity contribution in [1.82, 2.24) is 25.5 Å². The fourth-order valence-electron chi connectivity index (χ4n) is 1.58. The summed E-state index contributed by atoms with van der Waals surface area (Å²) >= 11 is 0. The zero-order valence-corrected chi connectivity index (χ0v) is 9.23. The molecule has 0 aliphatic carbocycles. The van der Waals surface area contributed by atoms with Crippen molar-refractivity contribution in [2.24, 2.45) is 0 Å². The van der Waals surface area contributed by atoms with Crippen molar-refractivity contribution < 1.29 is 4.79 Å². The average molecular weight is 224 g/mol. The topological polar surface area (TPSA) is 90.3 Å². The van der Waals surface area contributed by atoms with Crippen LogP contribution in [0.15, 0.2) is 6.07 Å². The van der Waals surface area contributed by atoms with Gasteiger partial charge in [0.05, 0.1) is 0 Å². The molecule has 1 amide bonds. The van der Waals surface area contributed by atoms with E-state index in [1.54, 1.807) is 0 Å². The van der Waals surface area contributed by atoms with Gasteiger partial charge in [-0.2, -0.15) is 5.10 Å². The lowest BCUT2D eigenvalue weighted by molar-refractivity contribution is 0.0657. The standard InChI is InChI=1S/C9H16N6O/c1-14-2-4-15(5-3-14)13-9(16)7-6-8(10)12-11-7/h6H,2-5H2,1H3,(H,13,16)(H3,10,11,12). The highest BCUT2D eigenvalue weighted by Gasteiger charge is 2.17. The maximum atomic E-state index is 11.7. The maximum Gasteiger partial charge on any atom is 0.283 e. The van der Waals surface area contributed by atoms with Gasteiger partial charge in [-0.3, -0.25) is 15.3 Å². The van der Waals surface area contributed by atoms with Crippen LogP contribution < -0.4 is 11.2 Å². The number of hydrogen-bond donors (Lipinski definition) is 3. The summed E-state index contributed by atoms with van der Waals surface area (Å²) in [4.78, 5) is 13.9. The number of carbonyl (C=O) groups is 1. The molecule has 88 valence electrons. The van der Waals surface area contributed by atoms with E-state index in [2.05, 4.69) is 27.6 Å². The summed E-state index contributed by atoms with van der Waals surface area (Å²) in [6.07, 6.45) is 0.